The number of hydrogen-bond donors (Lipinski definition) is 1. The Kier molecular flexibility index (Phi) is 3.59. The van der Waals surface area contributed by atoms with Gasteiger partial charge in [-0.15, -0.1) is 0 Å². The van der Waals surface area contributed by atoms with Gasteiger partial charge in [-0.1, -0.05) is 35.5 Å². The number of nitrogens with zero attached hydrogens (tertiary/aromatic N) is 3. The first-order valence-electron chi connectivity index (χ1n) is 5.40. The topological polar surface area (TPSA) is 60.8 Å². The van der Waals surface area contributed by atoms with Crippen molar-refractivity contribution in [1.82, 2.24) is 5.32 Å². The van der Waals surface area contributed by atoms with E-state index in [0.717, 1.165) is 19.5 Å². The Hall–Kier alpha value is -1.77. The number of benzene rings is 1. The van der Waals surface area contributed by atoms with Gasteiger partial charge in [-0.3, -0.25) is 0 Å². The second-order valence-electron chi connectivity index (χ2n) is 3.77. The highest BCUT2D eigenvalue weighted by atomic mass is 15.1. The van der Waals surface area contributed by atoms with Crippen molar-refractivity contribution in [2.75, 3.05) is 13.1 Å². The Morgan fingerprint density at radius 3 is 3.25 bits per heavy atom. The number of azide groups is 1. The molecule has 0 aliphatic carbocycles. The molecule has 1 aromatic carbocycles. The number of hydrogen-bond acceptors (Lipinski definition) is 2. The van der Waals surface area contributed by atoms with Crippen molar-refractivity contribution in [1.29, 1.82) is 0 Å². The molecule has 0 spiro atoms. The summed E-state index contributed by atoms with van der Waals surface area (Å²) in [4.78, 5) is 2.70. The van der Waals surface area contributed by atoms with E-state index in [1.54, 1.807) is 0 Å². The Morgan fingerprint density at radius 2 is 2.38 bits per heavy atom. The van der Waals surface area contributed by atoms with E-state index in [4.69, 9.17) is 5.53 Å². The molecule has 0 saturated heterocycles. The molecule has 2 rings (SSSR count). The Labute approximate surface area is 94.6 Å². The largest absolute Gasteiger partial charge is 0.312 e. The van der Waals surface area contributed by atoms with E-state index in [2.05, 4.69) is 33.5 Å². The van der Waals surface area contributed by atoms with E-state index >= 15 is 0 Å². The van der Waals surface area contributed by atoms with Crippen LogP contribution in [-0.4, -0.2) is 13.1 Å². The summed E-state index contributed by atoms with van der Waals surface area (Å²) in [6.07, 6.45) is 4.97. The molecule has 1 aliphatic heterocycles. The van der Waals surface area contributed by atoms with E-state index < -0.39 is 0 Å². The highest BCUT2D eigenvalue weighted by Crippen LogP contribution is 2.16. The fraction of sp³-hybridized carbons (Fsp3) is 0.333. The monoisotopic (exact) mass is 214 g/mol. The van der Waals surface area contributed by atoms with E-state index in [1.807, 2.05) is 12.2 Å². The predicted molar refractivity (Wildman–Crippen MR) is 64.9 cm³/mol. The summed E-state index contributed by atoms with van der Waals surface area (Å²) in [5.41, 5.74) is 12.1. The molecule has 0 radical (unpaired) electrons. The zero-order valence-electron chi connectivity index (χ0n) is 9.06. The molecule has 0 amide bonds. The first kappa shape index (κ1) is 10.7. The maximum absolute atomic E-state index is 8.14. The maximum Gasteiger partial charge on any atom is 0.0443 e. The molecule has 0 aromatic heterocycles. The fourth-order valence-electron chi connectivity index (χ4n) is 1.87. The standard InChI is InChI=1S/C12H14N4/c13-16-15-6-1-2-10-3-4-12-9-14-7-5-11(12)8-10/h1-4,8,14H,5-7,9H2. The molecule has 4 nitrogen and oxygen atoms in total. The van der Waals surface area contributed by atoms with Crippen LogP contribution in [0.5, 0.6) is 0 Å². The van der Waals surface area contributed by atoms with E-state index in [-0.39, 0.29) is 0 Å². The molecule has 16 heavy (non-hydrogen) atoms. The lowest BCUT2D eigenvalue weighted by Crippen LogP contribution is -2.23. The van der Waals surface area contributed by atoms with Gasteiger partial charge in [0.2, 0.25) is 0 Å². The molecule has 1 heterocycles. The van der Waals surface area contributed by atoms with Crippen LogP contribution in [0.25, 0.3) is 16.5 Å². The van der Waals surface area contributed by atoms with Crippen LogP contribution in [0, 0.1) is 0 Å². The van der Waals surface area contributed by atoms with E-state index in [0.29, 0.717) is 6.54 Å². The number of nitrogens with one attached hydrogen (secondary N) is 1. The summed E-state index contributed by atoms with van der Waals surface area (Å²) in [6.45, 7) is 2.44. The average Bonchev–Trinajstić information content (AvgIpc) is 2.34. The third-order valence-electron chi connectivity index (χ3n) is 2.68. The highest BCUT2D eigenvalue weighted by molar-refractivity contribution is 5.52. The summed E-state index contributed by atoms with van der Waals surface area (Å²) in [6, 6.07) is 6.47. The molecule has 0 atom stereocenters. The van der Waals surface area contributed by atoms with Crippen LogP contribution in [0.3, 0.4) is 0 Å². The molecule has 0 unspecified atom stereocenters. The zero-order valence-corrected chi connectivity index (χ0v) is 9.06. The summed E-state index contributed by atoms with van der Waals surface area (Å²) in [5.74, 6) is 0. The molecule has 1 aromatic rings. The summed E-state index contributed by atoms with van der Waals surface area (Å²) in [7, 11) is 0. The van der Waals surface area contributed by atoms with Gasteiger partial charge in [0.25, 0.3) is 0 Å². The molecule has 1 aliphatic rings. The minimum absolute atomic E-state index is 0.412. The first-order valence-corrected chi connectivity index (χ1v) is 5.40. The molecule has 0 saturated carbocycles. The van der Waals surface area contributed by atoms with Gasteiger partial charge in [0.1, 0.15) is 0 Å². The van der Waals surface area contributed by atoms with E-state index in [9.17, 15) is 0 Å². The van der Waals surface area contributed by atoms with Crippen molar-refractivity contribution >= 4 is 6.08 Å². The van der Waals surface area contributed by atoms with Crippen LogP contribution in [-0.2, 0) is 13.0 Å². The van der Waals surface area contributed by atoms with Crippen LogP contribution in [0.15, 0.2) is 29.4 Å². The predicted octanol–water partition coefficient (Wildman–Crippen LogP) is 2.66. The lowest BCUT2D eigenvalue weighted by Gasteiger charge is -2.17. The second kappa shape index (κ2) is 5.35. The van der Waals surface area contributed by atoms with Gasteiger partial charge >= 0.3 is 0 Å². The van der Waals surface area contributed by atoms with Crippen LogP contribution in [0.2, 0.25) is 0 Å². The van der Waals surface area contributed by atoms with Crippen LogP contribution in [0.4, 0.5) is 0 Å². The van der Waals surface area contributed by atoms with Crippen LogP contribution in [0.1, 0.15) is 16.7 Å². The lowest BCUT2D eigenvalue weighted by molar-refractivity contribution is 0.643. The normalized spacial score (nSPS) is 14.5. The quantitative estimate of drug-likeness (QED) is 0.469. The van der Waals surface area contributed by atoms with Crippen molar-refractivity contribution in [3.05, 3.63) is 51.4 Å². The number of fused-ring (bicyclic) bond motifs is 1. The zero-order chi connectivity index (χ0) is 11.2. The molecule has 1 N–H and O–H groups in total. The minimum Gasteiger partial charge on any atom is -0.312 e. The molecule has 82 valence electrons. The smallest absolute Gasteiger partial charge is 0.0443 e. The molecule has 0 bridgehead atoms. The van der Waals surface area contributed by atoms with Crippen molar-refractivity contribution < 1.29 is 0 Å². The summed E-state index contributed by atoms with van der Waals surface area (Å²) < 4.78 is 0. The van der Waals surface area contributed by atoms with Crippen LogP contribution < -0.4 is 5.32 Å². The van der Waals surface area contributed by atoms with Gasteiger partial charge in [-0.05, 0) is 35.2 Å². The summed E-state index contributed by atoms with van der Waals surface area (Å²) >= 11 is 0. The minimum atomic E-state index is 0.412. The Morgan fingerprint density at radius 1 is 1.44 bits per heavy atom. The van der Waals surface area contributed by atoms with Gasteiger partial charge < -0.3 is 5.32 Å². The number of rotatable bonds is 3. The fourth-order valence-corrected chi connectivity index (χ4v) is 1.87. The van der Waals surface area contributed by atoms with Gasteiger partial charge in [0, 0.05) is 18.0 Å². The van der Waals surface area contributed by atoms with Crippen molar-refractivity contribution in [3.63, 3.8) is 0 Å². The van der Waals surface area contributed by atoms with Gasteiger partial charge in [-0.2, -0.15) is 0 Å². The van der Waals surface area contributed by atoms with Crippen LogP contribution >= 0.6 is 0 Å². The molecule has 0 fully saturated rings. The maximum atomic E-state index is 8.14. The second-order valence-corrected chi connectivity index (χ2v) is 3.77. The third-order valence-corrected chi connectivity index (χ3v) is 2.68. The molecular weight excluding hydrogens is 200 g/mol. The Balaban J connectivity index is 2.11. The van der Waals surface area contributed by atoms with E-state index in [1.165, 1.54) is 16.7 Å². The van der Waals surface area contributed by atoms with Crippen molar-refractivity contribution in [3.8, 4) is 0 Å². The molecular formula is C12H14N4. The SMILES string of the molecule is [N-]=[N+]=NCC=Cc1ccc2c(c1)CCNC2. The molecule has 4 heteroatoms. The lowest BCUT2D eigenvalue weighted by atomic mass is 9.98. The van der Waals surface area contributed by atoms with Crippen molar-refractivity contribution in [2.24, 2.45) is 5.11 Å². The highest BCUT2D eigenvalue weighted by Gasteiger charge is 2.07. The first-order chi connectivity index (χ1) is 7.90. The van der Waals surface area contributed by atoms with Gasteiger partial charge in [-0.25, -0.2) is 0 Å². The summed E-state index contributed by atoms with van der Waals surface area (Å²) in [5, 5.41) is 6.81. The van der Waals surface area contributed by atoms with Crippen molar-refractivity contribution in [2.45, 2.75) is 13.0 Å². The van der Waals surface area contributed by atoms with Gasteiger partial charge in [0.05, 0.1) is 0 Å². The average molecular weight is 214 g/mol. The Bertz CT molecular complexity index is 444. The van der Waals surface area contributed by atoms with Gasteiger partial charge in [0.15, 0.2) is 0 Å². The third kappa shape index (κ3) is 2.63.